The smallest absolute Gasteiger partial charge is 0.329 e. The van der Waals surface area contributed by atoms with E-state index in [1.165, 1.54) is 0 Å². The third-order valence-corrected chi connectivity index (χ3v) is 4.76. The fourth-order valence-corrected chi connectivity index (χ4v) is 3.10. The van der Waals surface area contributed by atoms with Crippen molar-refractivity contribution in [3.05, 3.63) is 0 Å². The molecule has 1 aliphatic carbocycles. The summed E-state index contributed by atoms with van der Waals surface area (Å²) in [6, 6.07) is 0. The second-order valence-electron chi connectivity index (χ2n) is 6.16. The number of likely N-dealkylation sites (N-methyl/N-ethyl adjacent to an activating group) is 1. The molecule has 0 aliphatic heterocycles. The number of rotatable bonds is 5. The van der Waals surface area contributed by atoms with E-state index in [-0.39, 0.29) is 12.8 Å². The molecule has 1 aliphatic rings. The molecule has 19 heavy (non-hydrogen) atoms. The van der Waals surface area contributed by atoms with Crippen LogP contribution in [0.3, 0.4) is 0 Å². The number of hydrogen-bond donors (Lipinski definition) is 1. The van der Waals surface area contributed by atoms with Crippen molar-refractivity contribution in [2.75, 3.05) is 20.1 Å². The Hall–Kier alpha value is -0.290. The molecule has 2 N–H and O–H groups in total. The largest absolute Gasteiger partial charge is 0.391 e. The van der Waals surface area contributed by atoms with Gasteiger partial charge in [0.25, 0.3) is 0 Å². The van der Waals surface area contributed by atoms with Crippen LogP contribution in [-0.2, 0) is 0 Å². The van der Waals surface area contributed by atoms with Crippen LogP contribution in [0.1, 0.15) is 46.0 Å². The molecule has 0 aromatic rings. The number of halogens is 3. The van der Waals surface area contributed by atoms with Gasteiger partial charge in [-0.15, -0.1) is 0 Å². The Balaban J connectivity index is 2.78. The molecule has 1 rings (SSSR count). The lowest BCUT2D eigenvalue weighted by molar-refractivity contribution is -0.193. The van der Waals surface area contributed by atoms with Crippen molar-refractivity contribution >= 4 is 0 Å². The second kappa shape index (κ2) is 6.44. The lowest BCUT2D eigenvalue weighted by atomic mass is 9.74. The average Bonchev–Trinajstić information content (AvgIpc) is 2.37. The average molecular weight is 280 g/mol. The first kappa shape index (κ1) is 16.8. The fourth-order valence-electron chi connectivity index (χ4n) is 3.10. The van der Waals surface area contributed by atoms with E-state index < -0.39 is 17.6 Å². The molecule has 2 nitrogen and oxygen atoms in total. The third kappa shape index (κ3) is 4.09. The molecule has 0 spiro atoms. The Morgan fingerprint density at radius 3 is 2.53 bits per heavy atom. The quantitative estimate of drug-likeness (QED) is 0.836. The lowest BCUT2D eigenvalue weighted by Gasteiger charge is -2.47. The molecule has 0 heterocycles. The molecule has 0 amide bonds. The maximum Gasteiger partial charge on any atom is 0.391 e. The number of nitrogens with zero attached hydrogens (tertiary/aromatic N) is 1. The standard InChI is InChI=1S/C14H27F3N2/c1-4-11(2)9-19(3)13(10-18)7-5-6-12(8-13)14(15,16)17/h11-12H,4-10,18H2,1-3H3. The molecular weight excluding hydrogens is 253 g/mol. The van der Waals surface area contributed by atoms with E-state index in [0.29, 0.717) is 18.9 Å². The van der Waals surface area contributed by atoms with Crippen molar-refractivity contribution in [1.29, 1.82) is 0 Å². The van der Waals surface area contributed by atoms with E-state index in [9.17, 15) is 13.2 Å². The zero-order chi connectivity index (χ0) is 14.7. The molecule has 0 aromatic heterocycles. The summed E-state index contributed by atoms with van der Waals surface area (Å²) >= 11 is 0. The maximum absolute atomic E-state index is 13.0. The van der Waals surface area contributed by atoms with Gasteiger partial charge in [0, 0.05) is 18.6 Å². The third-order valence-electron chi connectivity index (χ3n) is 4.76. The molecule has 114 valence electrons. The molecule has 5 heteroatoms. The van der Waals surface area contributed by atoms with Crippen LogP contribution in [-0.4, -0.2) is 36.8 Å². The van der Waals surface area contributed by atoms with Crippen LogP contribution in [0.15, 0.2) is 0 Å². The summed E-state index contributed by atoms with van der Waals surface area (Å²) in [6.07, 6.45) is -1.25. The Kier molecular flexibility index (Phi) is 5.68. The summed E-state index contributed by atoms with van der Waals surface area (Å²) in [6.45, 7) is 5.36. The summed E-state index contributed by atoms with van der Waals surface area (Å²) < 4.78 is 38.9. The Bertz CT molecular complexity index is 280. The first-order valence-corrected chi connectivity index (χ1v) is 7.23. The lowest BCUT2D eigenvalue weighted by Crippen LogP contribution is -2.57. The van der Waals surface area contributed by atoms with E-state index in [4.69, 9.17) is 5.73 Å². The highest BCUT2D eigenvalue weighted by atomic mass is 19.4. The van der Waals surface area contributed by atoms with Crippen molar-refractivity contribution < 1.29 is 13.2 Å². The molecule has 0 radical (unpaired) electrons. The van der Waals surface area contributed by atoms with E-state index in [2.05, 4.69) is 18.7 Å². The van der Waals surface area contributed by atoms with Gasteiger partial charge in [0.2, 0.25) is 0 Å². The minimum absolute atomic E-state index is 0.153. The summed E-state index contributed by atoms with van der Waals surface area (Å²) in [7, 11) is 1.93. The topological polar surface area (TPSA) is 29.3 Å². The van der Waals surface area contributed by atoms with Gasteiger partial charge < -0.3 is 5.73 Å². The Morgan fingerprint density at radius 1 is 1.42 bits per heavy atom. The Morgan fingerprint density at radius 2 is 2.05 bits per heavy atom. The van der Waals surface area contributed by atoms with Gasteiger partial charge in [0.05, 0.1) is 5.92 Å². The zero-order valence-corrected chi connectivity index (χ0v) is 12.3. The first-order chi connectivity index (χ1) is 8.75. The predicted molar refractivity (Wildman–Crippen MR) is 71.9 cm³/mol. The fraction of sp³-hybridized carbons (Fsp3) is 1.00. The summed E-state index contributed by atoms with van der Waals surface area (Å²) in [4.78, 5) is 2.08. The highest BCUT2D eigenvalue weighted by molar-refractivity contribution is 4.97. The van der Waals surface area contributed by atoms with Gasteiger partial charge in [0.15, 0.2) is 0 Å². The summed E-state index contributed by atoms with van der Waals surface area (Å²) in [5.74, 6) is -0.705. The summed E-state index contributed by atoms with van der Waals surface area (Å²) in [5, 5.41) is 0. The van der Waals surface area contributed by atoms with E-state index in [0.717, 1.165) is 19.4 Å². The minimum atomic E-state index is -4.09. The molecule has 3 unspecified atom stereocenters. The second-order valence-corrected chi connectivity index (χ2v) is 6.16. The molecule has 0 bridgehead atoms. The summed E-state index contributed by atoms with van der Waals surface area (Å²) in [5.41, 5.74) is 5.38. The van der Waals surface area contributed by atoms with Crippen LogP contribution in [0.25, 0.3) is 0 Å². The first-order valence-electron chi connectivity index (χ1n) is 7.23. The van der Waals surface area contributed by atoms with Gasteiger partial charge in [-0.2, -0.15) is 13.2 Å². The van der Waals surface area contributed by atoms with Crippen molar-refractivity contribution in [2.24, 2.45) is 17.6 Å². The van der Waals surface area contributed by atoms with Crippen molar-refractivity contribution in [2.45, 2.75) is 57.7 Å². The highest BCUT2D eigenvalue weighted by Gasteiger charge is 2.48. The zero-order valence-electron chi connectivity index (χ0n) is 12.3. The number of alkyl halides is 3. The molecule has 0 aromatic carbocycles. The minimum Gasteiger partial charge on any atom is -0.329 e. The van der Waals surface area contributed by atoms with Crippen LogP contribution in [0, 0.1) is 11.8 Å². The molecule has 1 fully saturated rings. The number of hydrogen-bond acceptors (Lipinski definition) is 2. The van der Waals surface area contributed by atoms with Gasteiger partial charge in [-0.05, 0) is 32.2 Å². The molecular formula is C14H27F3N2. The predicted octanol–water partition coefficient (Wildman–Crippen LogP) is 3.41. The van der Waals surface area contributed by atoms with E-state index >= 15 is 0 Å². The molecule has 3 atom stereocenters. The van der Waals surface area contributed by atoms with Crippen LogP contribution < -0.4 is 5.73 Å². The normalized spacial score (nSPS) is 30.6. The Labute approximate surface area is 114 Å². The van der Waals surface area contributed by atoms with Crippen LogP contribution in [0.4, 0.5) is 13.2 Å². The van der Waals surface area contributed by atoms with Crippen molar-refractivity contribution in [3.63, 3.8) is 0 Å². The van der Waals surface area contributed by atoms with Crippen molar-refractivity contribution in [1.82, 2.24) is 4.90 Å². The maximum atomic E-state index is 13.0. The van der Waals surface area contributed by atoms with Gasteiger partial charge in [-0.25, -0.2) is 0 Å². The van der Waals surface area contributed by atoms with E-state index in [1.54, 1.807) is 0 Å². The highest BCUT2D eigenvalue weighted by Crippen LogP contribution is 2.43. The van der Waals surface area contributed by atoms with Gasteiger partial charge in [0.1, 0.15) is 0 Å². The number of nitrogens with two attached hydrogens (primary N) is 1. The monoisotopic (exact) mass is 280 g/mol. The van der Waals surface area contributed by atoms with Gasteiger partial charge in [-0.1, -0.05) is 26.7 Å². The van der Waals surface area contributed by atoms with Crippen LogP contribution in [0.5, 0.6) is 0 Å². The molecule has 0 saturated heterocycles. The van der Waals surface area contributed by atoms with Crippen molar-refractivity contribution in [3.8, 4) is 0 Å². The van der Waals surface area contributed by atoms with Crippen LogP contribution in [0.2, 0.25) is 0 Å². The van der Waals surface area contributed by atoms with Gasteiger partial charge in [-0.3, -0.25) is 4.90 Å². The van der Waals surface area contributed by atoms with Gasteiger partial charge >= 0.3 is 6.18 Å². The van der Waals surface area contributed by atoms with E-state index in [1.807, 2.05) is 7.05 Å². The van der Waals surface area contributed by atoms with Crippen LogP contribution >= 0.6 is 0 Å². The SMILES string of the molecule is CCC(C)CN(C)C1(CN)CCCC(C(F)(F)F)C1. The molecule has 1 saturated carbocycles.